The topological polar surface area (TPSA) is 29.5 Å². The summed E-state index contributed by atoms with van der Waals surface area (Å²) in [4.78, 5) is 13.2. The first kappa shape index (κ1) is 11.8. The van der Waals surface area contributed by atoms with E-state index < -0.39 is 0 Å². The number of rotatable bonds is 4. The Morgan fingerprint density at radius 3 is 3.07 bits per heavy atom. The molecule has 3 nitrogen and oxygen atoms in total. The Morgan fingerprint density at radius 1 is 1.64 bits per heavy atom. The van der Waals surface area contributed by atoms with E-state index in [0.29, 0.717) is 5.92 Å². The Hall–Kier alpha value is -0.280. The lowest BCUT2D eigenvalue weighted by atomic mass is 9.99. The number of halogens is 1. The highest BCUT2D eigenvalue weighted by Gasteiger charge is 2.22. The average molecular weight is 220 g/mol. The van der Waals surface area contributed by atoms with Gasteiger partial charge in [-0.05, 0) is 25.7 Å². The summed E-state index contributed by atoms with van der Waals surface area (Å²) in [6.45, 7) is 5.17. The minimum atomic E-state index is 0.0489. The molecule has 0 unspecified atom stereocenters. The Kier molecular flexibility index (Phi) is 5.26. The van der Waals surface area contributed by atoms with Crippen molar-refractivity contribution in [2.24, 2.45) is 5.92 Å². The van der Waals surface area contributed by atoms with E-state index in [4.69, 9.17) is 16.3 Å². The summed E-state index contributed by atoms with van der Waals surface area (Å²) in [6.07, 6.45) is 2.23. The molecular weight excluding hydrogens is 202 g/mol. The maximum absolute atomic E-state index is 11.3. The summed E-state index contributed by atoms with van der Waals surface area (Å²) < 4.78 is 5.36. The molecule has 1 aliphatic heterocycles. The lowest BCUT2D eigenvalue weighted by Gasteiger charge is -2.32. The van der Waals surface area contributed by atoms with Crippen LogP contribution in [0, 0.1) is 5.92 Å². The number of likely N-dealkylation sites (tertiary alicyclic amines) is 1. The molecule has 0 spiro atoms. The molecule has 0 aliphatic carbocycles. The predicted octanol–water partition coefficient (Wildman–Crippen LogP) is 1.50. The van der Waals surface area contributed by atoms with Gasteiger partial charge in [-0.1, -0.05) is 0 Å². The van der Waals surface area contributed by atoms with Gasteiger partial charge in [-0.15, -0.1) is 11.6 Å². The van der Waals surface area contributed by atoms with E-state index in [-0.39, 0.29) is 11.8 Å². The summed E-state index contributed by atoms with van der Waals surface area (Å²) in [5.74, 6) is 0.644. The molecule has 1 atom stereocenters. The van der Waals surface area contributed by atoms with Gasteiger partial charge in [0.1, 0.15) is 5.88 Å². The second-order valence-corrected chi connectivity index (χ2v) is 3.91. The molecule has 0 radical (unpaired) electrons. The molecule has 0 saturated carbocycles. The van der Waals surface area contributed by atoms with Crippen molar-refractivity contribution in [3.05, 3.63) is 0 Å². The first-order chi connectivity index (χ1) is 6.77. The van der Waals surface area contributed by atoms with Crippen LogP contribution in [0.4, 0.5) is 0 Å². The Morgan fingerprint density at radius 2 is 2.43 bits per heavy atom. The van der Waals surface area contributed by atoms with Crippen molar-refractivity contribution in [2.75, 3.05) is 32.2 Å². The number of alkyl halides is 1. The number of hydrogen-bond acceptors (Lipinski definition) is 2. The maximum Gasteiger partial charge on any atom is 0.237 e. The number of carbonyl (C=O) groups is 1. The standard InChI is InChI=1S/C10H18ClNO2/c1-2-14-8-9-4-3-5-12(7-9)10(13)6-11/h9H,2-8H2,1H3/t9-/m0/s1. The smallest absolute Gasteiger partial charge is 0.237 e. The monoisotopic (exact) mass is 219 g/mol. The van der Waals surface area contributed by atoms with E-state index in [2.05, 4.69) is 0 Å². The van der Waals surface area contributed by atoms with E-state index in [1.54, 1.807) is 0 Å². The molecule has 4 heteroatoms. The molecule has 1 rings (SSSR count). The number of carbonyl (C=O) groups excluding carboxylic acids is 1. The Bertz CT molecular complexity index is 187. The zero-order chi connectivity index (χ0) is 10.4. The molecule has 1 saturated heterocycles. The summed E-state index contributed by atoms with van der Waals surface area (Å²) in [7, 11) is 0. The van der Waals surface area contributed by atoms with Crippen molar-refractivity contribution >= 4 is 17.5 Å². The average Bonchev–Trinajstić information content (AvgIpc) is 2.25. The lowest BCUT2D eigenvalue weighted by Crippen LogP contribution is -2.41. The second kappa shape index (κ2) is 6.25. The number of amides is 1. The SMILES string of the molecule is CCOC[C@H]1CCCN(C(=O)CCl)C1. The van der Waals surface area contributed by atoms with E-state index in [1.165, 1.54) is 0 Å². The van der Waals surface area contributed by atoms with Crippen molar-refractivity contribution in [1.29, 1.82) is 0 Å². The second-order valence-electron chi connectivity index (χ2n) is 3.64. The van der Waals surface area contributed by atoms with Gasteiger partial charge in [0.15, 0.2) is 0 Å². The highest BCUT2D eigenvalue weighted by atomic mass is 35.5. The highest BCUT2D eigenvalue weighted by Crippen LogP contribution is 2.16. The molecule has 0 aromatic carbocycles. The number of nitrogens with zero attached hydrogens (tertiary/aromatic N) is 1. The van der Waals surface area contributed by atoms with Crippen molar-refractivity contribution in [3.63, 3.8) is 0 Å². The van der Waals surface area contributed by atoms with Gasteiger partial charge in [0.2, 0.25) is 5.91 Å². The molecule has 1 heterocycles. The van der Waals surface area contributed by atoms with E-state index in [1.807, 2.05) is 11.8 Å². The van der Waals surface area contributed by atoms with Crippen molar-refractivity contribution < 1.29 is 9.53 Å². The van der Waals surface area contributed by atoms with Gasteiger partial charge in [0.25, 0.3) is 0 Å². The Labute approximate surface area is 90.4 Å². The van der Waals surface area contributed by atoms with Crippen LogP contribution in [0.15, 0.2) is 0 Å². The molecule has 1 fully saturated rings. The molecule has 14 heavy (non-hydrogen) atoms. The first-order valence-electron chi connectivity index (χ1n) is 5.19. The molecule has 0 aromatic heterocycles. The van der Waals surface area contributed by atoms with Gasteiger partial charge in [-0.2, -0.15) is 0 Å². The van der Waals surface area contributed by atoms with Crippen molar-refractivity contribution in [3.8, 4) is 0 Å². The zero-order valence-corrected chi connectivity index (χ0v) is 9.42. The normalized spacial score (nSPS) is 22.4. The summed E-state index contributed by atoms with van der Waals surface area (Å²) in [5, 5.41) is 0. The van der Waals surface area contributed by atoms with E-state index in [0.717, 1.165) is 39.1 Å². The van der Waals surface area contributed by atoms with Crippen LogP contribution in [-0.2, 0) is 9.53 Å². The van der Waals surface area contributed by atoms with Gasteiger partial charge in [-0.3, -0.25) is 4.79 Å². The lowest BCUT2D eigenvalue weighted by molar-refractivity contribution is -0.130. The molecular formula is C10H18ClNO2. The van der Waals surface area contributed by atoms with Crippen LogP contribution in [-0.4, -0.2) is 43.0 Å². The van der Waals surface area contributed by atoms with Gasteiger partial charge in [-0.25, -0.2) is 0 Å². The van der Waals surface area contributed by atoms with Crippen LogP contribution in [0.3, 0.4) is 0 Å². The van der Waals surface area contributed by atoms with Gasteiger partial charge >= 0.3 is 0 Å². The first-order valence-corrected chi connectivity index (χ1v) is 5.72. The van der Waals surface area contributed by atoms with Crippen LogP contribution >= 0.6 is 11.6 Å². The third-order valence-electron chi connectivity index (χ3n) is 2.54. The zero-order valence-electron chi connectivity index (χ0n) is 8.67. The minimum Gasteiger partial charge on any atom is -0.381 e. The van der Waals surface area contributed by atoms with Crippen LogP contribution < -0.4 is 0 Å². The van der Waals surface area contributed by atoms with Gasteiger partial charge < -0.3 is 9.64 Å². The van der Waals surface area contributed by atoms with Gasteiger partial charge in [0.05, 0.1) is 6.61 Å². The molecule has 82 valence electrons. The van der Waals surface area contributed by atoms with Crippen LogP contribution in [0.1, 0.15) is 19.8 Å². The maximum atomic E-state index is 11.3. The quantitative estimate of drug-likeness (QED) is 0.671. The predicted molar refractivity (Wildman–Crippen MR) is 56.5 cm³/mol. The fourth-order valence-corrected chi connectivity index (χ4v) is 1.97. The minimum absolute atomic E-state index is 0.0489. The van der Waals surface area contributed by atoms with E-state index >= 15 is 0 Å². The van der Waals surface area contributed by atoms with E-state index in [9.17, 15) is 4.79 Å². The highest BCUT2D eigenvalue weighted by molar-refractivity contribution is 6.27. The molecule has 0 bridgehead atoms. The summed E-state index contributed by atoms with van der Waals surface area (Å²) in [5.41, 5.74) is 0. The molecule has 0 N–H and O–H groups in total. The largest absolute Gasteiger partial charge is 0.381 e. The molecule has 1 amide bonds. The number of hydrogen-bond donors (Lipinski definition) is 0. The summed E-state index contributed by atoms with van der Waals surface area (Å²) in [6, 6.07) is 0. The molecule has 0 aromatic rings. The fourth-order valence-electron chi connectivity index (χ4n) is 1.80. The molecule has 1 aliphatic rings. The van der Waals surface area contributed by atoms with Crippen molar-refractivity contribution in [2.45, 2.75) is 19.8 Å². The summed E-state index contributed by atoms with van der Waals surface area (Å²) >= 11 is 5.51. The fraction of sp³-hybridized carbons (Fsp3) is 0.900. The van der Waals surface area contributed by atoms with Crippen molar-refractivity contribution in [1.82, 2.24) is 4.90 Å². The number of piperidine rings is 1. The Balaban J connectivity index is 2.31. The third-order valence-corrected chi connectivity index (χ3v) is 2.77. The van der Waals surface area contributed by atoms with Crippen LogP contribution in [0.25, 0.3) is 0 Å². The third kappa shape index (κ3) is 3.46. The number of ether oxygens (including phenoxy) is 1. The van der Waals surface area contributed by atoms with Crippen LogP contribution in [0.5, 0.6) is 0 Å². The van der Waals surface area contributed by atoms with Gasteiger partial charge in [0, 0.05) is 19.7 Å². The van der Waals surface area contributed by atoms with Crippen LogP contribution in [0.2, 0.25) is 0 Å².